The minimum Gasteiger partial charge on any atom is -0.497 e. The molecule has 6 nitrogen and oxygen atoms in total. The number of hydrogen-bond donors (Lipinski definition) is 1. The van der Waals surface area contributed by atoms with E-state index in [0.29, 0.717) is 13.0 Å². The third-order valence-corrected chi connectivity index (χ3v) is 3.69. The Morgan fingerprint density at radius 3 is 3.13 bits per heavy atom. The van der Waals surface area contributed by atoms with Gasteiger partial charge in [-0.05, 0) is 18.6 Å². The Labute approximate surface area is 134 Å². The smallest absolute Gasteiger partial charge is 0.224 e. The predicted molar refractivity (Wildman–Crippen MR) is 86.3 cm³/mol. The summed E-state index contributed by atoms with van der Waals surface area (Å²) < 4.78 is 12.6. The minimum atomic E-state index is -0.00542. The highest BCUT2D eigenvalue weighted by Crippen LogP contribution is 2.25. The monoisotopic (exact) mass is 313 g/mol. The number of carbonyl (C=O) groups excluding carboxylic acids is 1. The maximum absolute atomic E-state index is 12.0. The van der Waals surface area contributed by atoms with Gasteiger partial charge >= 0.3 is 0 Å². The largest absolute Gasteiger partial charge is 0.497 e. The van der Waals surface area contributed by atoms with Crippen molar-refractivity contribution < 1.29 is 13.9 Å². The lowest BCUT2D eigenvalue weighted by Crippen LogP contribution is -2.26. The number of nitrogens with zero attached hydrogens (tertiary/aromatic N) is 2. The summed E-state index contributed by atoms with van der Waals surface area (Å²) in [5, 5.41) is 3.88. The van der Waals surface area contributed by atoms with Gasteiger partial charge in [-0.25, -0.2) is 4.98 Å². The summed E-state index contributed by atoms with van der Waals surface area (Å²) in [5.41, 5.74) is 1.61. The molecule has 0 atom stereocenters. The summed E-state index contributed by atoms with van der Waals surface area (Å²) >= 11 is 0. The van der Waals surface area contributed by atoms with E-state index in [1.807, 2.05) is 29.0 Å². The van der Waals surface area contributed by atoms with Crippen molar-refractivity contribution in [3.8, 4) is 5.75 Å². The highest BCUT2D eigenvalue weighted by molar-refractivity contribution is 5.88. The van der Waals surface area contributed by atoms with Crippen LogP contribution in [0.5, 0.6) is 5.75 Å². The lowest BCUT2D eigenvalue weighted by atomic mass is 10.1. The molecule has 0 saturated carbocycles. The van der Waals surface area contributed by atoms with Gasteiger partial charge < -0.3 is 19.0 Å². The number of imidazole rings is 1. The summed E-state index contributed by atoms with van der Waals surface area (Å²) in [5.74, 6) is 0.733. The number of benzene rings is 1. The molecule has 0 bridgehead atoms. The second kappa shape index (κ2) is 7.00. The van der Waals surface area contributed by atoms with Crippen LogP contribution in [0.3, 0.4) is 0 Å². The number of amides is 1. The van der Waals surface area contributed by atoms with Gasteiger partial charge in [-0.1, -0.05) is 0 Å². The molecular formula is C17H19N3O3. The molecular weight excluding hydrogens is 294 g/mol. The summed E-state index contributed by atoms with van der Waals surface area (Å²) in [7, 11) is 1.61. The van der Waals surface area contributed by atoms with Crippen LogP contribution in [-0.4, -0.2) is 29.1 Å². The maximum Gasteiger partial charge on any atom is 0.224 e. The van der Waals surface area contributed by atoms with Crippen molar-refractivity contribution in [3.63, 3.8) is 0 Å². The Balaban J connectivity index is 1.51. The van der Waals surface area contributed by atoms with Gasteiger partial charge in [-0.2, -0.15) is 0 Å². The fourth-order valence-electron chi connectivity index (χ4n) is 2.47. The molecule has 1 aromatic carbocycles. The van der Waals surface area contributed by atoms with Gasteiger partial charge in [0.1, 0.15) is 11.3 Å². The zero-order chi connectivity index (χ0) is 16.1. The van der Waals surface area contributed by atoms with Gasteiger partial charge in [0.2, 0.25) is 5.91 Å². The van der Waals surface area contributed by atoms with E-state index in [-0.39, 0.29) is 5.91 Å². The van der Waals surface area contributed by atoms with Gasteiger partial charge in [-0.3, -0.25) is 4.79 Å². The van der Waals surface area contributed by atoms with Crippen LogP contribution in [0.2, 0.25) is 0 Å². The maximum atomic E-state index is 12.0. The van der Waals surface area contributed by atoms with E-state index in [1.165, 1.54) is 0 Å². The number of hydrogen-bond acceptors (Lipinski definition) is 4. The van der Waals surface area contributed by atoms with E-state index < -0.39 is 0 Å². The molecule has 0 aliphatic carbocycles. The average molecular weight is 313 g/mol. The molecule has 3 rings (SSSR count). The molecule has 0 spiro atoms. The second-order valence-corrected chi connectivity index (χ2v) is 5.30. The Kier molecular flexibility index (Phi) is 4.61. The van der Waals surface area contributed by atoms with Crippen LogP contribution in [0, 0.1) is 0 Å². The van der Waals surface area contributed by atoms with Crippen LogP contribution in [0.15, 0.2) is 47.6 Å². The number of rotatable bonds is 7. The normalized spacial score (nSPS) is 10.8. The molecule has 6 heteroatoms. The van der Waals surface area contributed by atoms with Crippen molar-refractivity contribution in [2.24, 2.45) is 0 Å². The number of aryl methyl sites for hydroxylation is 1. The van der Waals surface area contributed by atoms with Crippen molar-refractivity contribution in [1.29, 1.82) is 0 Å². The fraction of sp³-hybridized carbons (Fsp3) is 0.294. The minimum absolute atomic E-state index is 0.00542. The van der Waals surface area contributed by atoms with Gasteiger partial charge in [0, 0.05) is 42.5 Å². The van der Waals surface area contributed by atoms with E-state index in [1.54, 1.807) is 25.9 Å². The molecule has 1 amide bonds. The quantitative estimate of drug-likeness (QED) is 0.680. The second-order valence-electron chi connectivity index (χ2n) is 5.30. The Hall–Kier alpha value is -2.76. The van der Waals surface area contributed by atoms with Crippen molar-refractivity contribution in [1.82, 2.24) is 14.9 Å². The molecule has 3 aromatic rings. The molecule has 2 heterocycles. The van der Waals surface area contributed by atoms with Gasteiger partial charge in [0.25, 0.3) is 0 Å². The first-order valence-corrected chi connectivity index (χ1v) is 7.53. The van der Waals surface area contributed by atoms with E-state index in [9.17, 15) is 4.79 Å². The molecule has 0 unspecified atom stereocenters. The molecule has 0 fully saturated rings. The van der Waals surface area contributed by atoms with Crippen LogP contribution < -0.4 is 10.1 Å². The third-order valence-electron chi connectivity index (χ3n) is 3.69. The van der Waals surface area contributed by atoms with Gasteiger partial charge in [0.15, 0.2) is 0 Å². The average Bonchev–Trinajstić information content (AvgIpc) is 3.21. The molecule has 0 saturated heterocycles. The molecule has 2 aromatic heterocycles. The number of furan rings is 1. The number of aromatic nitrogens is 2. The highest BCUT2D eigenvalue weighted by atomic mass is 16.5. The fourth-order valence-corrected chi connectivity index (χ4v) is 2.47. The number of methoxy groups -OCH3 is 1. The summed E-state index contributed by atoms with van der Waals surface area (Å²) in [6.45, 7) is 1.48. The lowest BCUT2D eigenvalue weighted by Gasteiger charge is -2.05. The van der Waals surface area contributed by atoms with Crippen molar-refractivity contribution in [2.75, 3.05) is 13.7 Å². The van der Waals surface area contributed by atoms with Crippen LogP contribution in [0.4, 0.5) is 0 Å². The van der Waals surface area contributed by atoms with Gasteiger partial charge in [-0.15, -0.1) is 0 Å². The van der Waals surface area contributed by atoms with Crippen molar-refractivity contribution in [3.05, 3.63) is 48.7 Å². The first-order valence-electron chi connectivity index (χ1n) is 7.53. The highest BCUT2D eigenvalue weighted by Gasteiger charge is 2.10. The number of fused-ring (bicyclic) bond motifs is 1. The standard InChI is InChI=1S/C17H19N3O3/c1-22-14-3-4-15-13(11-23-16(15)10-14)9-17(21)19-5-2-7-20-8-6-18-12-20/h3-4,6,8,10-12H,2,5,7,9H2,1H3,(H,19,21). The lowest BCUT2D eigenvalue weighted by molar-refractivity contribution is -0.120. The van der Waals surface area contributed by atoms with Crippen molar-refractivity contribution in [2.45, 2.75) is 19.4 Å². The van der Waals surface area contributed by atoms with E-state index in [0.717, 1.165) is 35.2 Å². The SMILES string of the molecule is COc1ccc2c(CC(=O)NCCCn3ccnc3)coc2c1. The zero-order valence-electron chi connectivity index (χ0n) is 13.0. The van der Waals surface area contributed by atoms with E-state index in [4.69, 9.17) is 9.15 Å². The summed E-state index contributed by atoms with van der Waals surface area (Å²) in [6, 6.07) is 5.60. The van der Waals surface area contributed by atoms with Gasteiger partial charge in [0.05, 0.1) is 26.1 Å². The number of ether oxygens (including phenoxy) is 1. The molecule has 0 aliphatic rings. The van der Waals surface area contributed by atoms with Crippen LogP contribution in [0.1, 0.15) is 12.0 Å². The first-order chi connectivity index (χ1) is 11.3. The van der Waals surface area contributed by atoms with Crippen LogP contribution in [0.25, 0.3) is 11.0 Å². The molecule has 0 radical (unpaired) electrons. The predicted octanol–water partition coefficient (Wildman–Crippen LogP) is 2.39. The van der Waals surface area contributed by atoms with Crippen molar-refractivity contribution >= 4 is 16.9 Å². The molecule has 120 valence electrons. The summed E-state index contributed by atoms with van der Waals surface area (Å²) in [4.78, 5) is 16.0. The topological polar surface area (TPSA) is 69.3 Å². The van der Waals surface area contributed by atoms with Crippen LogP contribution >= 0.6 is 0 Å². The molecule has 0 aliphatic heterocycles. The first kappa shape index (κ1) is 15.1. The van der Waals surface area contributed by atoms with E-state index in [2.05, 4.69) is 10.3 Å². The Bertz CT molecular complexity index is 778. The third kappa shape index (κ3) is 3.71. The molecule has 23 heavy (non-hydrogen) atoms. The molecule has 1 N–H and O–H groups in total. The number of carbonyl (C=O) groups is 1. The summed E-state index contributed by atoms with van der Waals surface area (Å²) in [6.07, 6.45) is 8.24. The Morgan fingerprint density at radius 1 is 1.43 bits per heavy atom. The zero-order valence-corrected chi connectivity index (χ0v) is 13.0. The van der Waals surface area contributed by atoms with Crippen LogP contribution in [-0.2, 0) is 17.8 Å². The number of nitrogens with one attached hydrogen (secondary N) is 1. The Morgan fingerprint density at radius 2 is 2.35 bits per heavy atom. The van der Waals surface area contributed by atoms with E-state index >= 15 is 0 Å².